The maximum atomic E-state index is 13.3. The summed E-state index contributed by atoms with van der Waals surface area (Å²) in [6.07, 6.45) is 3.54. The standard InChI is InChI=1S/C39H47ClN4O5/c1-26-37(34(24-40)44(5)43-26)29-21-27-13-8-10-16-31(27)35(23-29)47-20-18-30(15-7-6-12-19-41-25-36(45)49-39(2,3)4)48-38(46)33-22-28-14-9-11-17-32(28)42-33/h8-11,13-14,16-17,21-23,30,41-42H,6-7,12,15,18-20,24-25H2,1-5H3. The number of esters is 2. The van der Waals surface area contributed by atoms with E-state index >= 15 is 0 Å². The van der Waals surface area contributed by atoms with Gasteiger partial charge in [-0.1, -0.05) is 48.9 Å². The second kappa shape index (κ2) is 16.4. The van der Waals surface area contributed by atoms with Gasteiger partial charge in [-0.05, 0) is 88.7 Å². The van der Waals surface area contributed by atoms with Crippen molar-refractivity contribution < 1.29 is 23.8 Å². The third-order valence-corrected chi connectivity index (χ3v) is 8.62. The van der Waals surface area contributed by atoms with Crippen LogP contribution in [-0.2, 0) is 27.2 Å². The van der Waals surface area contributed by atoms with E-state index in [0.717, 1.165) is 69.2 Å². The Bertz CT molecular complexity index is 1860. The van der Waals surface area contributed by atoms with E-state index in [-0.39, 0.29) is 24.6 Å². The van der Waals surface area contributed by atoms with Gasteiger partial charge in [0.1, 0.15) is 23.1 Å². The average molecular weight is 687 g/mol. The predicted molar refractivity (Wildman–Crippen MR) is 195 cm³/mol. The Labute approximate surface area is 293 Å². The van der Waals surface area contributed by atoms with Gasteiger partial charge in [0, 0.05) is 35.3 Å². The lowest BCUT2D eigenvalue weighted by Crippen LogP contribution is -2.31. The number of ether oxygens (including phenoxy) is 3. The highest BCUT2D eigenvalue weighted by molar-refractivity contribution is 6.17. The number of carbonyl (C=O) groups excluding carboxylic acids is 2. The summed E-state index contributed by atoms with van der Waals surface area (Å²) in [6.45, 7) is 8.82. The molecule has 1 unspecified atom stereocenters. The van der Waals surface area contributed by atoms with Gasteiger partial charge in [0.2, 0.25) is 0 Å². The first-order valence-electron chi connectivity index (χ1n) is 17.0. The summed E-state index contributed by atoms with van der Waals surface area (Å²) in [5.74, 6) is 0.464. The van der Waals surface area contributed by atoms with Crippen LogP contribution in [0.4, 0.5) is 0 Å². The van der Waals surface area contributed by atoms with Gasteiger partial charge in [0.05, 0.1) is 30.4 Å². The molecule has 10 heteroatoms. The molecule has 2 heterocycles. The van der Waals surface area contributed by atoms with Crippen LogP contribution in [0, 0.1) is 6.92 Å². The van der Waals surface area contributed by atoms with E-state index < -0.39 is 5.60 Å². The molecule has 0 amide bonds. The largest absolute Gasteiger partial charge is 0.493 e. The number of aromatic nitrogens is 3. The number of aryl methyl sites for hydroxylation is 2. The quantitative estimate of drug-likeness (QED) is 0.0611. The van der Waals surface area contributed by atoms with Crippen molar-refractivity contribution in [2.75, 3.05) is 19.7 Å². The highest BCUT2D eigenvalue weighted by Gasteiger charge is 2.20. The summed E-state index contributed by atoms with van der Waals surface area (Å²) in [4.78, 5) is 28.5. The fraction of sp³-hybridized carbons (Fsp3) is 0.410. The van der Waals surface area contributed by atoms with Gasteiger partial charge < -0.3 is 24.5 Å². The molecule has 0 radical (unpaired) electrons. The van der Waals surface area contributed by atoms with Crippen LogP contribution in [0.1, 0.15) is 74.8 Å². The molecule has 9 nitrogen and oxygen atoms in total. The number of hydrogen-bond donors (Lipinski definition) is 2. The SMILES string of the molecule is Cc1nn(C)c(CCl)c1-c1cc(OCCC(CCCCCNCC(=O)OC(C)(C)C)OC(=O)c2cc3ccccc3[nH]2)c2ccccc2c1. The third kappa shape index (κ3) is 9.64. The molecule has 0 spiro atoms. The summed E-state index contributed by atoms with van der Waals surface area (Å²) >= 11 is 6.34. The zero-order valence-corrected chi connectivity index (χ0v) is 29.9. The van der Waals surface area contributed by atoms with Crippen molar-refractivity contribution in [1.29, 1.82) is 0 Å². The first-order valence-corrected chi connectivity index (χ1v) is 17.5. The predicted octanol–water partition coefficient (Wildman–Crippen LogP) is 8.26. The molecular weight excluding hydrogens is 640 g/mol. The molecule has 0 saturated carbocycles. The number of fused-ring (bicyclic) bond motifs is 2. The van der Waals surface area contributed by atoms with Gasteiger partial charge in [-0.3, -0.25) is 9.48 Å². The number of para-hydroxylation sites is 1. The maximum absolute atomic E-state index is 13.3. The van der Waals surface area contributed by atoms with Crippen LogP contribution in [-0.4, -0.2) is 58.1 Å². The molecule has 5 aromatic rings. The van der Waals surface area contributed by atoms with Gasteiger partial charge in [-0.15, -0.1) is 11.6 Å². The Kier molecular flexibility index (Phi) is 12.0. The zero-order chi connectivity index (χ0) is 35.0. The number of halogens is 1. The number of alkyl halides is 1. The Balaban J connectivity index is 1.24. The lowest BCUT2D eigenvalue weighted by molar-refractivity contribution is -0.153. The smallest absolute Gasteiger partial charge is 0.355 e. The molecule has 0 fully saturated rings. The van der Waals surface area contributed by atoms with Crippen LogP contribution in [0.5, 0.6) is 5.75 Å². The Morgan fingerprint density at radius 3 is 2.49 bits per heavy atom. The minimum atomic E-state index is -0.496. The van der Waals surface area contributed by atoms with E-state index in [9.17, 15) is 9.59 Å². The van der Waals surface area contributed by atoms with E-state index in [2.05, 4.69) is 39.7 Å². The van der Waals surface area contributed by atoms with Gasteiger partial charge >= 0.3 is 11.9 Å². The second-order valence-electron chi connectivity index (χ2n) is 13.4. The molecule has 0 aliphatic rings. The molecule has 49 heavy (non-hydrogen) atoms. The zero-order valence-electron chi connectivity index (χ0n) is 29.1. The topological polar surface area (TPSA) is 107 Å². The molecule has 2 N–H and O–H groups in total. The molecule has 1 atom stereocenters. The number of benzene rings is 3. The fourth-order valence-electron chi connectivity index (χ4n) is 6.10. The van der Waals surface area contributed by atoms with Gasteiger partial charge in [-0.2, -0.15) is 5.10 Å². The number of aromatic amines is 1. The molecule has 3 aromatic carbocycles. The Morgan fingerprint density at radius 1 is 0.980 bits per heavy atom. The van der Waals surface area contributed by atoms with Crippen molar-refractivity contribution in [3.05, 3.63) is 83.8 Å². The molecule has 260 valence electrons. The van der Waals surface area contributed by atoms with E-state index in [1.54, 1.807) is 0 Å². The normalized spacial score (nSPS) is 12.4. The van der Waals surface area contributed by atoms with Crippen molar-refractivity contribution in [1.82, 2.24) is 20.1 Å². The van der Waals surface area contributed by atoms with Crippen LogP contribution in [0.3, 0.4) is 0 Å². The highest BCUT2D eigenvalue weighted by Crippen LogP contribution is 2.36. The van der Waals surface area contributed by atoms with Crippen molar-refractivity contribution in [3.63, 3.8) is 0 Å². The van der Waals surface area contributed by atoms with Crippen LogP contribution >= 0.6 is 11.6 Å². The van der Waals surface area contributed by atoms with Gasteiger partial charge in [-0.25, -0.2) is 4.79 Å². The number of unbranched alkanes of at least 4 members (excludes halogenated alkanes) is 2. The first kappa shape index (κ1) is 36.0. The highest BCUT2D eigenvalue weighted by atomic mass is 35.5. The maximum Gasteiger partial charge on any atom is 0.355 e. The number of rotatable bonds is 16. The van der Waals surface area contributed by atoms with E-state index in [1.807, 2.05) is 81.9 Å². The molecule has 0 aliphatic heterocycles. The fourth-order valence-corrected chi connectivity index (χ4v) is 6.41. The van der Waals surface area contributed by atoms with Crippen molar-refractivity contribution in [2.45, 2.75) is 77.4 Å². The van der Waals surface area contributed by atoms with Crippen LogP contribution < -0.4 is 10.1 Å². The Hall–Kier alpha value is -4.34. The Morgan fingerprint density at radius 2 is 1.73 bits per heavy atom. The number of H-pyrrole nitrogens is 1. The second-order valence-corrected chi connectivity index (χ2v) is 13.7. The van der Waals surface area contributed by atoms with Crippen LogP contribution in [0.15, 0.2) is 66.7 Å². The lowest BCUT2D eigenvalue weighted by Gasteiger charge is -2.20. The van der Waals surface area contributed by atoms with Gasteiger partial charge in [0.25, 0.3) is 0 Å². The summed E-state index contributed by atoms with van der Waals surface area (Å²) in [6, 6.07) is 22.0. The van der Waals surface area contributed by atoms with Crippen molar-refractivity contribution >= 4 is 45.2 Å². The molecule has 0 bridgehead atoms. The minimum absolute atomic E-state index is 0.183. The number of hydrogen-bond acceptors (Lipinski definition) is 7. The molecule has 0 saturated heterocycles. The van der Waals surface area contributed by atoms with E-state index in [0.29, 0.717) is 37.6 Å². The van der Waals surface area contributed by atoms with Crippen LogP contribution in [0.25, 0.3) is 32.8 Å². The van der Waals surface area contributed by atoms with E-state index in [1.165, 1.54) is 0 Å². The first-order chi connectivity index (χ1) is 23.5. The van der Waals surface area contributed by atoms with Crippen molar-refractivity contribution in [3.8, 4) is 16.9 Å². The monoisotopic (exact) mass is 686 g/mol. The third-order valence-electron chi connectivity index (χ3n) is 8.37. The summed E-state index contributed by atoms with van der Waals surface area (Å²) in [5, 5.41) is 10.8. The minimum Gasteiger partial charge on any atom is -0.493 e. The molecular formula is C39H47ClN4O5. The molecule has 0 aliphatic carbocycles. The van der Waals surface area contributed by atoms with Crippen molar-refractivity contribution in [2.24, 2.45) is 7.05 Å². The molecule has 2 aromatic heterocycles. The molecule has 5 rings (SSSR count). The summed E-state index contributed by atoms with van der Waals surface area (Å²) in [7, 11) is 1.91. The summed E-state index contributed by atoms with van der Waals surface area (Å²) < 4.78 is 19.7. The van der Waals surface area contributed by atoms with E-state index in [4.69, 9.17) is 25.8 Å². The average Bonchev–Trinajstić information content (AvgIpc) is 3.62. The summed E-state index contributed by atoms with van der Waals surface area (Å²) in [5.41, 5.74) is 4.69. The van der Waals surface area contributed by atoms with Gasteiger partial charge in [0.15, 0.2) is 0 Å². The lowest BCUT2D eigenvalue weighted by atomic mass is 9.99. The number of nitrogens with one attached hydrogen (secondary N) is 2. The van der Waals surface area contributed by atoms with Crippen LogP contribution in [0.2, 0.25) is 0 Å². The number of nitrogens with zero attached hydrogens (tertiary/aromatic N) is 2. The number of carbonyl (C=O) groups is 2.